The SMILES string of the molecule is CC(=O)n1nc(C(=O)NC2COC(C)(C)OC2)c2ccccc21. The number of para-hydroxylation sites is 1. The fraction of sp³-hybridized carbons (Fsp3) is 0.438. The molecule has 0 saturated carbocycles. The second-order valence-electron chi connectivity index (χ2n) is 5.99. The summed E-state index contributed by atoms with van der Waals surface area (Å²) in [5.41, 5.74) is 0.836. The molecule has 7 heteroatoms. The van der Waals surface area contributed by atoms with Gasteiger partial charge in [-0.3, -0.25) is 9.59 Å². The number of carbonyl (C=O) groups is 2. The first kappa shape index (κ1) is 15.6. The number of fused-ring (bicyclic) bond motifs is 1. The van der Waals surface area contributed by atoms with Crippen LogP contribution in [-0.4, -0.2) is 46.6 Å². The number of amides is 1. The first-order chi connectivity index (χ1) is 10.9. The summed E-state index contributed by atoms with van der Waals surface area (Å²) in [4.78, 5) is 24.2. The Morgan fingerprint density at radius 1 is 1.26 bits per heavy atom. The van der Waals surface area contributed by atoms with Crippen molar-refractivity contribution in [3.8, 4) is 0 Å². The number of carbonyl (C=O) groups excluding carboxylic acids is 2. The van der Waals surface area contributed by atoms with Gasteiger partial charge in [0.15, 0.2) is 11.5 Å². The van der Waals surface area contributed by atoms with E-state index in [1.807, 2.05) is 13.8 Å². The van der Waals surface area contributed by atoms with Crippen molar-refractivity contribution in [3.63, 3.8) is 0 Å². The molecule has 1 aromatic heterocycles. The first-order valence-electron chi connectivity index (χ1n) is 7.45. The highest BCUT2D eigenvalue weighted by Gasteiger charge is 2.30. The number of nitrogens with one attached hydrogen (secondary N) is 1. The van der Waals surface area contributed by atoms with Crippen molar-refractivity contribution in [2.75, 3.05) is 13.2 Å². The van der Waals surface area contributed by atoms with Gasteiger partial charge >= 0.3 is 0 Å². The molecule has 23 heavy (non-hydrogen) atoms. The number of benzene rings is 1. The van der Waals surface area contributed by atoms with Gasteiger partial charge in [-0.15, -0.1) is 0 Å². The molecule has 122 valence electrons. The van der Waals surface area contributed by atoms with Crippen LogP contribution in [0.3, 0.4) is 0 Å². The van der Waals surface area contributed by atoms with E-state index in [0.29, 0.717) is 24.1 Å². The number of rotatable bonds is 2. The zero-order chi connectivity index (χ0) is 16.6. The zero-order valence-corrected chi connectivity index (χ0v) is 13.3. The lowest BCUT2D eigenvalue weighted by Crippen LogP contribution is -2.50. The molecule has 2 aromatic rings. The predicted octanol–water partition coefficient (Wildman–Crippen LogP) is 1.58. The Morgan fingerprint density at radius 2 is 1.91 bits per heavy atom. The van der Waals surface area contributed by atoms with Crippen molar-refractivity contribution < 1.29 is 19.1 Å². The average molecular weight is 317 g/mol. The predicted molar refractivity (Wildman–Crippen MR) is 83.3 cm³/mol. The van der Waals surface area contributed by atoms with Crippen LogP contribution >= 0.6 is 0 Å². The van der Waals surface area contributed by atoms with Gasteiger partial charge in [-0.25, -0.2) is 0 Å². The molecule has 0 bridgehead atoms. The van der Waals surface area contributed by atoms with Gasteiger partial charge in [0.1, 0.15) is 0 Å². The van der Waals surface area contributed by atoms with Crippen molar-refractivity contribution in [3.05, 3.63) is 30.0 Å². The Balaban J connectivity index is 1.83. The van der Waals surface area contributed by atoms with E-state index in [0.717, 1.165) is 0 Å². The summed E-state index contributed by atoms with van der Waals surface area (Å²) < 4.78 is 12.3. The van der Waals surface area contributed by atoms with E-state index in [2.05, 4.69) is 10.4 Å². The monoisotopic (exact) mass is 317 g/mol. The summed E-state index contributed by atoms with van der Waals surface area (Å²) in [7, 11) is 0. The number of nitrogens with zero attached hydrogens (tertiary/aromatic N) is 2. The van der Waals surface area contributed by atoms with E-state index in [4.69, 9.17) is 9.47 Å². The molecule has 0 unspecified atom stereocenters. The van der Waals surface area contributed by atoms with Gasteiger partial charge in [-0.1, -0.05) is 18.2 Å². The Kier molecular flexibility index (Phi) is 3.91. The number of ether oxygens (including phenoxy) is 2. The molecule has 1 fully saturated rings. The van der Waals surface area contributed by atoms with Crippen LogP contribution in [0.5, 0.6) is 0 Å². The standard InChI is InChI=1S/C16H19N3O4/c1-10(20)19-13-7-5-4-6-12(13)14(18-19)15(21)17-11-8-22-16(2,3)23-9-11/h4-7,11H,8-9H2,1-3H3,(H,17,21). The quantitative estimate of drug-likeness (QED) is 0.909. The van der Waals surface area contributed by atoms with Crippen molar-refractivity contribution in [2.45, 2.75) is 32.6 Å². The van der Waals surface area contributed by atoms with Crippen LogP contribution in [-0.2, 0) is 9.47 Å². The summed E-state index contributed by atoms with van der Waals surface area (Å²) in [6.45, 7) is 5.79. The molecule has 3 rings (SSSR count). The third-order valence-electron chi connectivity index (χ3n) is 3.70. The molecule has 1 aliphatic heterocycles. The highest BCUT2D eigenvalue weighted by molar-refractivity contribution is 6.06. The molecule has 0 atom stereocenters. The summed E-state index contributed by atoms with van der Waals surface area (Å²) in [5, 5.41) is 7.63. The largest absolute Gasteiger partial charge is 0.348 e. The molecular weight excluding hydrogens is 298 g/mol. The van der Waals surface area contributed by atoms with Crippen molar-refractivity contribution in [1.29, 1.82) is 0 Å². The Morgan fingerprint density at radius 3 is 2.57 bits per heavy atom. The molecule has 0 spiro atoms. The normalized spacial score (nSPS) is 18.0. The van der Waals surface area contributed by atoms with Crippen LogP contribution < -0.4 is 5.32 Å². The van der Waals surface area contributed by atoms with E-state index < -0.39 is 5.79 Å². The lowest BCUT2D eigenvalue weighted by Gasteiger charge is -2.35. The van der Waals surface area contributed by atoms with Gasteiger partial charge in [0.2, 0.25) is 5.91 Å². The summed E-state index contributed by atoms with van der Waals surface area (Å²) >= 11 is 0. The fourth-order valence-electron chi connectivity index (χ4n) is 2.50. The minimum absolute atomic E-state index is 0.223. The lowest BCUT2D eigenvalue weighted by molar-refractivity contribution is -0.251. The average Bonchev–Trinajstić information content (AvgIpc) is 2.89. The van der Waals surface area contributed by atoms with Crippen LogP contribution in [0.25, 0.3) is 10.9 Å². The summed E-state index contributed by atoms with van der Waals surface area (Å²) in [5.74, 6) is -1.23. The van der Waals surface area contributed by atoms with Crippen LogP contribution in [0.1, 0.15) is 36.1 Å². The van der Waals surface area contributed by atoms with Crippen molar-refractivity contribution in [1.82, 2.24) is 15.1 Å². The third-order valence-corrected chi connectivity index (χ3v) is 3.70. The van der Waals surface area contributed by atoms with Gasteiger partial charge in [0, 0.05) is 12.3 Å². The smallest absolute Gasteiger partial charge is 0.272 e. The molecule has 1 N–H and O–H groups in total. The number of hydrogen-bond acceptors (Lipinski definition) is 5. The second kappa shape index (κ2) is 5.75. The van der Waals surface area contributed by atoms with E-state index in [1.54, 1.807) is 24.3 Å². The number of aromatic nitrogens is 2. The molecule has 7 nitrogen and oxygen atoms in total. The van der Waals surface area contributed by atoms with E-state index in [9.17, 15) is 9.59 Å². The van der Waals surface area contributed by atoms with E-state index in [1.165, 1.54) is 11.6 Å². The molecule has 1 saturated heterocycles. The molecule has 2 heterocycles. The molecule has 1 amide bonds. The van der Waals surface area contributed by atoms with Crippen LogP contribution in [0, 0.1) is 0 Å². The van der Waals surface area contributed by atoms with E-state index in [-0.39, 0.29) is 23.6 Å². The maximum Gasteiger partial charge on any atom is 0.272 e. The van der Waals surface area contributed by atoms with Gasteiger partial charge in [-0.05, 0) is 19.9 Å². The minimum atomic E-state index is -0.635. The van der Waals surface area contributed by atoms with Crippen LogP contribution in [0.15, 0.2) is 24.3 Å². The molecule has 0 aliphatic carbocycles. The summed E-state index contributed by atoms with van der Waals surface area (Å²) in [6, 6.07) is 6.89. The molecular formula is C16H19N3O4. The summed E-state index contributed by atoms with van der Waals surface area (Å²) in [6.07, 6.45) is 0. The third kappa shape index (κ3) is 3.11. The highest BCUT2D eigenvalue weighted by atomic mass is 16.7. The first-order valence-corrected chi connectivity index (χ1v) is 7.45. The second-order valence-corrected chi connectivity index (χ2v) is 5.99. The maximum absolute atomic E-state index is 12.5. The maximum atomic E-state index is 12.5. The number of hydrogen-bond donors (Lipinski definition) is 1. The van der Waals surface area contributed by atoms with Gasteiger partial charge in [0.05, 0.1) is 24.8 Å². The minimum Gasteiger partial charge on any atom is -0.348 e. The van der Waals surface area contributed by atoms with Crippen molar-refractivity contribution in [2.24, 2.45) is 0 Å². The zero-order valence-electron chi connectivity index (χ0n) is 13.3. The van der Waals surface area contributed by atoms with Gasteiger partial charge < -0.3 is 14.8 Å². The van der Waals surface area contributed by atoms with Crippen molar-refractivity contribution >= 4 is 22.7 Å². The van der Waals surface area contributed by atoms with Gasteiger partial charge in [0.25, 0.3) is 5.91 Å². The van der Waals surface area contributed by atoms with Gasteiger partial charge in [-0.2, -0.15) is 9.78 Å². The molecule has 0 radical (unpaired) electrons. The molecule has 1 aliphatic rings. The van der Waals surface area contributed by atoms with Crippen LogP contribution in [0.2, 0.25) is 0 Å². The fourth-order valence-corrected chi connectivity index (χ4v) is 2.50. The Labute approximate surface area is 133 Å². The van der Waals surface area contributed by atoms with Crippen LogP contribution in [0.4, 0.5) is 0 Å². The Hall–Kier alpha value is -2.25. The highest BCUT2D eigenvalue weighted by Crippen LogP contribution is 2.20. The lowest BCUT2D eigenvalue weighted by atomic mass is 10.2. The topological polar surface area (TPSA) is 82.5 Å². The van der Waals surface area contributed by atoms with E-state index >= 15 is 0 Å². The molecule has 1 aromatic carbocycles. The Bertz CT molecular complexity index is 756.